The lowest BCUT2D eigenvalue weighted by molar-refractivity contribution is -0.126. The number of fused-ring (bicyclic) bond motifs is 3. The summed E-state index contributed by atoms with van der Waals surface area (Å²) in [5.74, 6) is -0.174. The maximum absolute atomic E-state index is 14.0. The molecule has 5 heteroatoms. The van der Waals surface area contributed by atoms with Crippen LogP contribution in [-0.2, 0) is 10.2 Å². The fourth-order valence-corrected chi connectivity index (χ4v) is 4.58. The number of amides is 1. The highest BCUT2D eigenvalue weighted by atomic mass is 16.3. The minimum atomic E-state index is -0.992. The summed E-state index contributed by atoms with van der Waals surface area (Å²) in [6, 6.07) is 28.8. The zero-order chi connectivity index (χ0) is 22.8. The van der Waals surface area contributed by atoms with Crippen molar-refractivity contribution in [3.05, 3.63) is 120 Å². The average molecular weight is 436 g/mol. The molecule has 2 unspecified atom stereocenters. The minimum Gasteiger partial charge on any atom is -0.394 e. The summed E-state index contributed by atoms with van der Waals surface area (Å²) >= 11 is 0. The standard InChI is InChI=1S/C28H25N3O2/c1-28(21-12-6-3-7-13-21,27(33)30-24(19-32)20-10-4-2-5-11-20)23-14-8-15-25-22(23)18-26-29-16-9-17-31(25)26/h2-18,24,32H,19H2,1H3,(H,30,33). The predicted molar refractivity (Wildman–Crippen MR) is 130 cm³/mol. The maximum Gasteiger partial charge on any atom is 0.235 e. The molecule has 3 aromatic carbocycles. The summed E-state index contributed by atoms with van der Waals surface area (Å²) in [7, 11) is 0. The topological polar surface area (TPSA) is 66.6 Å². The first kappa shape index (κ1) is 20.9. The molecule has 2 N–H and O–H groups in total. The Kier molecular flexibility index (Phi) is 5.40. The smallest absolute Gasteiger partial charge is 0.235 e. The third-order valence-corrected chi connectivity index (χ3v) is 6.42. The molecule has 5 nitrogen and oxygen atoms in total. The van der Waals surface area contributed by atoms with E-state index in [1.54, 1.807) is 6.20 Å². The van der Waals surface area contributed by atoms with Gasteiger partial charge in [0.25, 0.3) is 0 Å². The molecule has 1 amide bonds. The van der Waals surface area contributed by atoms with Crippen LogP contribution in [0.1, 0.15) is 29.7 Å². The van der Waals surface area contributed by atoms with Crippen LogP contribution in [0.2, 0.25) is 0 Å². The van der Waals surface area contributed by atoms with E-state index < -0.39 is 11.5 Å². The normalized spacial score (nSPS) is 14.1. The second-order valence-corrected chi connectivity index (χ2v) is 8.34. The molecule has 0 spiro atoms. The Morgan fingerprint density at radius 1 is 1.00 bits per heavy atom. The van der Waals surface area contributed by atoms with Crippen molar-refractivity contribution in [1.82, 2.24) is 14.7 Å². The fraction of sp³-hybridized carbons (Fsp3) is 0.143. The van der Waals surface area contributed by atoms with Gasteiger partial charge in [0.2, 0.25) is 5.91 Å². The van der Waals surface area contributed by atoms with Gasteiger partial charge in [0.05, 0.1) is 23.6 Å². The molecule has 164 valence electrons. The number of hydrogen-bond donors (Lipinski definition) is 2. The van der Waals surface area contributed by atoms with E-state index in [0.717, 1.165) is 33.2 Å². The zero-order valence-electron chi connectivity index (χ0n) is 18.3. The number of rotatable bonds is 6. The van der Waals surface area contributed by atoms with Crippen LogP contribution in [0, 0.1) is 0 Å². The number of carbonyl (C=O) groups excluding carboxylic acids is 1. The second-order valence-electron chi connectivity index (χ2n) is 8.34. The van der Waals surface area contributed by atoms with Crippen molar-refractivity contribution in [3.63, 3.8) is 0 Å². The lowest BCUT2D eigenvalue weighted by Gasteiger charge is -2.32. The molecule has 5 rings (SSSR count). The van der Waals surface area contributed by atoms with E-state index in [1.807, 2.05) is 109 Å². The van der Waals surface area contributed by atoms with Gasteiger partial charge in [-0.1, -0.05) is 72.8 Å². The Bertz CT molecular complexity index is 1410. The van der Waals surface area contributed by atoms with Crippen molar-refractivity contribution in [2.75, 3.05) is 6.61 Å². The minimum absolute atomic E-state index is 0.174. The van der Waals surface area contributed by atoms with Gasteiger partial charge in [-0.2, -0.15) is 0 Å². The van der Waals surface area contributed by atoms with Gasteiger partial charge in [0, 0.05) is 17.8 Å². The molecule has 0 saturated carbocycles. The lowest BCUT2D eigenvalue weighted by Crippen LogP contribution is -2.45. The van der Waals surface area contributed by atoms with Crippen LogP contribution in [0.15, 0.2) is 103 Å². The Balaban J connectivity index is 1.68. The second kappa shape index (κ2) is 8.52. The number of nitrogens with one attached hydrogen (secondary N) is 1. The van der Waals surface area contributed by atoms with Crippen molar-refractivity contribution in [3.8, 4) is 0 Å². The summed E-state index contributed by atoms with van der Waals surface area (Å²) in [5.41, 5.74) is 3.46. The third-order valence-electron chi connectivity index (χ3n) is 6.42. The molecule has 5 aromatic rings. The van der Waals surface area contributed by atoms with E-state index in [-0.39, 0.29) is 12.5 Å². The number of aromatic nitrogens is 2. The van der Waals surface area contributed by atoms with Crippen LogP contribution in [0.4, 0.5) is 0 Å². The summed E-state index contributed by atoms with van der Waals surface area (Å²) in [6.45, 7) is 1.76. The summed E-state index contributed by atoms with van der Waals surface area (Å²) in [5, 5.41) is 14.2. The van der Waals surface area contributed by atoms with Gasteiger partial charge in [0.15, 0.2) is 0 Å². The summed E-state index contributed by atoms with van der Waals surface area (Å²) in [4.78, 5) is 18.5. The first-order valence-corrected chi connectivity index (χ1v) is 11.0. The molecular weight excluding hydrogens is 410 g/mol. The Morgan fingerprint density at radius 3 is 2.45 bits per heavy atom. The lowest BCUT2D eigenvalue weighted by atomic mass is 9.74. The Hall–Kier alpha value is -3.96. The molecule has 0 radical (unpaired) electrons. The summed E-state index contributed by atoms with van der Waals surface area (Å²) < 4.78 is 2.03. The van der Waals surface area contributed by atoms with Crippen LogP contribution in [0.5, 0.6) is 0 Å². The summed E-state index contributed by atoms with van der Waals surface area (Å²) in [6.07, 6.45) is 3.74. The van der Waals surface area contributed by atoms with E-state index in [2.05, 4.69) is 10.3 Å². The number of nitrogens with zero attached hydrogens (tertiary/aromatic N) is 2. The first-order chi connectivity index (χ1) is 16.1. The molecule has 2 atom stereocenters. The van der Waals surface area contributed by atoms with Crippen molar-refractivity contribution in [1.29, 1.82) is 0 Å². The molecule has 0 fully saturated rings. The van der Waals surface area contributed by atoms with Crippen LogP contribution in [-0.4, -0.2) is 27.0 Å². The van der Waals surface area contributed by atoms with Gasteiger partial charge in [-0.3, -0.25) is 4.79 Å². The third kappa shape index (κ3) is 3.56. The molecule has 33 heavy (non-hydrogen) atoms. The van der Waals surface area contributed by atoms with Crippen LogP contribution >= 0.6 is 0 Å². The van der Waals surface area contributed by atoms with E-state index in [4.69, 9.17) is 0 Å². The SMILES string of the molecule is CC(C(=O)NC(CO)c1ccccc1)(c1ccccc1)c1cccc2c1cc1ncccn12. The van der Waals surface area contributed by atoms with Gasteiger partial charge >= 0.3 is 0 Å². The number of hydrogen-bond acceptors (Lipinski definition) is 3. The quantitative estimate of drug-likeness (QED) is 0.408. The number of carbonyl (C=O) groups is 1. The first-order valence-electron chi connectivity index (χ1n) is 11.0. The Labute approximate surface area is 192 Å². The van der Waals surface area contributed by atoms with Crippen molar-refractivity contribution < 1.29 is 9.90 Å². The molecule has 0 aliphatic rings. The van der Waals surface area contributed by atoms with Crippen LogP contribution < -0.4 is 5.32 Å². The van der Waals surface area contributed by atoms with E-state index in [9.17, 15) is 9.90 Å². The van der Waals surface area contributed by atoms with Gasteiger partial charge in [0.1, 0.15) is 5.65 Å². The van der Waals surface area contributed by atoms with Crippen molar-refractivity contribution >= 4 is 22.5 Å². The predicted octanol–water partition coefficient (Wildman–Crippen LogP) is 4.64. The molecule has 2 aromatic heterocycles. The van der Waals surface area contributed by atoms with Gasteiger partial charge < -0.3 is 14.8 Å². The highest BCUT2D eigenvalue weighted by Crippen LogP contribution is 2.38. The van der Waals surface area contributed by atoms with Crippen molar-refractivity contribution in [2.45, 2.75) is 18.4 Å². The highest BCUT2D eigenvalue weighted by molar-refractivity contribution is 5.99. The van der Waals surface area contributed by atoms with Gasteiger partial charge in [-0.25, -0.2) is 4.98 Å². The van der Waals surface area contributed by atoms with Gasteiger partial charge in [-0.05, 0) is 41.8 Å². The van der Waals surface area contributed by atoms with Crippen LogP contribution in [0.3, 0.4) is 0 Å². The maximum atomic E-state index is 14.0. The molecule has 2 heterocycles. The number of aliphatic hydroxyl groups excluding tert-OH is 1. The molecule has 0 bridgehead atoms. The van der Waals surface area contributed by atoms with E-state index >= 15 is 0 Å². The van der Waals surface area contributed by atoms with Crippen molar-refractivity contribution in [2.24, 2.45) is 0 Å². The molecular formula is C28H25N3O2. The van der Waals surface area contributed by atoms with E-state index in [1.165, 1.54) is 0 Å². The average Bonchev–Trinajstić information content (AvgIpc) is 3.26. The fourth-order valence-electron chi connectivity index (χ4n) is 4.58. The molecule has 0 aliphatic heterocycles. The van der Waals surface area contributed by atoms with Gasteiger partial charge in [-0.15, -0.1) is 0 Å². The largest absolute Gasteiger partial charge is 0.394 e. The van der Waals surface area contributed by atoms with Crippen LogP contribution in [0.25, 0.3) is 16.6 Å². The monoisotopic (exact) mass is 435 g/mol. The number of aliphatic hydroxyl groups is 1. The Morgan fingerprint density at radius 2 is 1.73 bits per heavy atom. The zero-order valence-corrected chi connectivity index (χ0v) is 18.3. The molecule has 0 saturated heterocycles. The highest BCUT2D eigenvalue weighted by Gasteiger charge is 2.39. The molecule has 0 aliphatic carbocycles. The number of benzene rings is 3. The van der Waals surface area contributed by atoms with E-state index in [0.29, 0.717) is 0 Å².